The van der Waals surface area contributed by atoms with E-state index in [4.69, 9.17) is 5.73 Å². The molecule has 0 fully saturated rings. The molecule has 1 heterocycles. The first-order valence-corrected chi connectivity index (χ1v) is 3.08. The van der Waals surface area contributed by atoms with Crippen LogP contribution >= 0.6 is 0 Å². The fourth-order valence-electron chi connectivity index (χ4n) is 0.633. The van der Waals surface area contributed by atoms with Crippen molar-refractivity contribution in [1.82, 2.24) is 10.2 Å². The van der Waals surface area contributed by atoms with Crippen LogP contribution in [-0.4, -0.2) is 10.2 Å². The van der Waals surface area contributed by atoms with Gasteiger partial charge in [0.15, 0.2) is 5.82 Å². The molecule has 0 aliphatic heterocycles. The minimum Gasteiger partial charge on any atom is -0.379 e. The van der Waals surface area contributed by atoms with Gasteiger partial charge in [0.1, 0.15) is 0 Å². The number of hydrogen-bond acceptors (Lipinski definition) is 3. The van der Waals surface area contributed by atoms with Crippen LogP contribution in [0.5, 0.6) is 0 Å². The normalized spacial score (nSPS) is 9.70. The number of hydrogen-bond donors (Lipinski definition) is 2. The Morgan fingerprint density at radius 2 is 2.50 bits per heavy atom. The maximum Gasteiger partial charge on any atom is 0.224 e. The maximum absolute atomic E-state index is 10.8. The quantitative estimate of drug-likeness (QED) is 0.571. The van der Waals surface area contributed by atoms with Gasteiger partial charge in [0, 0.05) is 11.8 Å². The zero-order valence-corrected chi connectivity index (χ0v) is 5.72. The summed E-state index contributed by atoms with van der Waals surface area (Å²) in [6.07, 6.45) is 0.766. The van der Waals surface area contributed by atoms with Gasteiger partial charge in [-0.05, 0) is 6.42 Å². The van der Waals surface area contributed by atoms with Gasteiger partial charge in [-0.1, -0.05) is 6.92 Å². The summed E-state index contributed by atoms with van der Waals surface area (Å²) >= 11 is 0. The van der Waals surface area contributed by atoms with Crippen molar-refractivity contribution in [2.24, 2.45) is 0 Å². The van der Waals surface area contributed by atoms with Crippen molar-refractivity contribution in [2.45, 2.75) is 13.3 Å². The van der Waals surface area contributed by atoms with Crippen LogP contribution in [0, 0.1) is 0 Å². The van der Waals surface area contributed by atoms with Gasteiger partial charge in [-0.3, -0.25) is 9.89 Å². The maximum atomic E-state index is 10.8. The van der Waals surface area contributed by atoms with Gasteiger partial charge in [0.05, 0.1) is 0 Å². The summed E-state index contributed by atoms with van der Waals surface area (Å²) in [5.41, 5.74) is 5.78. The molecule has 0 spiro atoms. The number of aryl methyl sites for hydroxylation is 1. The summed E-state index contributed by atoms with van der Waals surface area (Å²) in [5.74, 6) is 0.0252. The van der Waals surface area contributed by atoms with Crippen LogP contribution in [0.2, 0.25) is 0 Å². The number of aromatic nitrogens is 2. The molecule has 0 bridgehead atoms. The zero-order chi connectivity index (χ0) is 7.56. The highest BCUT2D eigenvalue weighted by molar-refractivity contribution is 5.25. The van der Waals surface area contributed by atoms with Gasteiger partial charge < -0.3 is 5.73 Å². The summed E-state index contributed by atoms with van der Waals surface area (Å²) in [6, 6.07) is 1.46. The third-order valence-corrected chi connectivity index (χ3v) is 1.26. The molecule has 0 saturated carbocycles. The number of anilines is 1. The van der Waals surface area contributed by atoms with Gasteiger partial charge >= 0.3 is 0 Å². The molecule has 1 aromatic rings. The van der Waals surface area contributed by atoms with Crippen LogP contribution in [0.1, 0.15) is 12.6 Å². The predicted molar refractivity (Wildman–Crippen MR) is 38.6 cm³/mol. The summed E-state index contributed by atoms with van der Waals surface area (Å²) in [5, 5.41) is 6.24. The van der Waals surface area contributed by atoms with Crippen LogP contribution < -0.4 is 11.2 Å². The predicted octanol–water partition coefficient (Wildman–Crippen LogP) is -0.0855. The van der Waals surface area contributed by atoms with Gasteiger partial charge in [-0.25, -0.2) is 0 Å². The Kier molecular flexibility index (Phi) is 1.71. The van der Waals surface area contributed by atoms with Crippen LogP contribution in [0.15, 0.2) is 10.9 Å². The lowest BCUT2D eigenvalue weighted by Gasteiger charge is -1.94. The summed E-state index contributed by atoms with van der Waals surface area (Å²) in [4.78, 5) is 10.8. The summed E-state index contributed by atoms with van der Waals surface area (Å²) in [7, 11) is 0. The smallest absolute Gasteiger partial charge is 0.224 e. The molecular formula is C6H9N3O. The monoisotopic (exact) mass is 139 g/mol. The highest BCUT2D eigenvalue weighted by atomic mass is 16.1. The van der Waals surface area contributed by atoms with Crippen LogP contribution in [0.25, 0.3) is 0 Å². The van der Waals surface area contributed by atoms with E-state index >= 15 is 0 Å². The molecule has 54 valence electrons. The molecule has 0 amide bonds. The van der Waals surface area contributed by atoms with Crippen molar-refractivity contribution in [1.29, 1.82) is 0 Å². The number of nitrogens with zero attached hydrogens (tertiary/aromatic N) is 1. The molecular weight excluding hydrogens is 130 g/mol. The second-order valence-corrected chi connectivity index (χ2v) is 2.00. The van der Waals surface area contributed by atoms with E-state index < -0.39 is 0 Å². The third kappa shape index (κ3) is 1.15. The number of nitrogens with one attached hydrogen (secondary N) is 1. The number of nitrogens with two attached hydrogens (primary N) is 1. The Balaban J connectivity index is 3.17. The van der Waals surface area contributed by atoms with E-state index in [9.17, 15) is 4.79 Å². The number of H-pyrrole nitrogens is 1. The van der Waals surface area contributed by atoms with E-state index in [0.29, 0.717) is 0 Å². The van der Waals surface area contributed by atoms with Crippen molar-refractivity contribution >= 4 is 5.82 Å². The molecule has 0 atom stereocenters. The van der Waals surface area contributed by atoms with Crippen molar-refractivity contribution < 1.29 is 0 Å². The lowest BCUT2D eigenvalue weighted by molar-refractivity contribution is 0.918. The third-order valence-electron chi connectivity index (χ3n) is 1.26. The lowest BCUT2D eigenvalue weighted by atomic mass is 10.3. The van der Waals surface area contributed by atoms with Crippen molar-refractivity contribution in [3.63, 3.8) is 0 Å². The minimum absolute atomic E-state index is 0.0252. The van der Waals surface area contributed by atoms with Crippen LogP contribution in [-0.2, 0) is 6.42 Å². The molecule has 3 N–H and O–H groups in total. The van der Waals surface area contributed by atoms with Gasteiger partial charge in [0.25, 0.3) is 0 Å². The Morgan fingerprint density at radius 1 is 1.80 bits per heavy atom. The van der Waals surface area contributed by atoms with Crippen molar-refractivity contribution in [2.75, 3.05) is 5.73 Å². The topological polar surface area (TPSA) is 71.8 Å². The van der Waals surface area contributed by atoms with E-state index in [1.54, 1.807) is 0 Å². The molecule has 0 aromatic carbocycles. The number of rotatable bonds is 1. The second kappa shape index (κ2) is 2.51. The molecule has 4 nitrogen and oxygen atoms in total. The van der Waals surface area contributed by atoms with Gasteiger partial charge in [-0.2, -0.15) is 5.10 Å². The summed E-state index contributed by atoms with van der Waals surface area (Å²) < 4.78 is 0. The molecule has 0 aliphatic carbocycles. The SMILES string of the molecule is CCc1cc(=O)c(N)n[nH]1. The molecule has 10 heavy (non-hydrogen) atoms. The Bertz CT molecular complexity index is 279. The van der Waals surface area contributed by atoms with Gasteiger partial charge in [-0.15, -0.1) is 0 Å². The van der Waals surface area contributed by atoms with Crippen molar-refractivity contribution in [3.05, 3.63) is 22.0 Å². The van der Waals surface area contributed by atoms with Crippen molar-refractivity contribution in [3.8, 4) is 0 Å². The van der Waals surface area contributed by atoms with E-state index in [0.717, 1.165) is 12.1 Å². The van der Waals surface area contributed by atoms with Crippen LogP contribution in [0.3, 0.4) is 0 Å². The average molecular weight is 139 g/mol. The van der Waals surface area contributed by atoms with E-state index in [-0.39, 0.29) is 11.2 Å². The Morgan fingerprint density at radius 3 is 3.00 bits per heavy atom. The molecule has 1 aromatic heterocycles. The first-order valence-electron chi connectivity index (χ1n) is 3.08. The fraction of sp³-hybridized carbons (Fsp3) is 0.333. The summed E-state index contributed by atoms with van der Waals surface area (Å²) in [6.45, 7) is 1.93. The van der Waals surface area contributed by atoms with Crippen LogP contribution in [0.4, 0.5) is 5.82 Å². The number of nitrogen functional groups attached to an aromatic ring is 1. The molecule has 1 rings (SSSR count). The standard InChI is InChI=1S/C6H9N3O/c1-2-4-3-5(10)6(7)9-8-4/h3H,2H2,1H3,(H2,7,9)(H,8,10). The van der Waals surface area contributed by atoms with Gasteiger partial charge in [0.2, 0.25) is 5.43 Å². The lowest BCUT2D eigenvalue weighted by Crippen LogP contribution is -2.12. The Hall–Kier alpha value is -1.32. The van der Waals surface area contributed by atoms with E-state index in [1.165, 1.54) is 6.07 Å². The first-order chi connectivity index (χ1) is 4.74. The fourth-order valence-corrected chi connectivity index (χ4v) is 0.633. The van der Waals surface area contributed by atoms with E-state index in [1.807, 2.05) is 6.92 Å². The highest BCUT2D eigenvalue weighted by Gasteiger charge is 1.94. The molecule has 4 heteroatoms. The molecule has 0 radical (unpaired) electrons. The number of aromatic amines is 1. The Labute approximate surface area is 58.1 Å². The first kappa shape index (κ1) is 6.80. The molecule has 0 saturated heterocycles. The molecule has 0 aliphatic rings. The second-order valence-electron chi connectivity index (χ2n) is 2.00. The van der Waals surface area contributed by atoms with E-state index in [2.05, 4.69) is 10.2 Å². The zero-order valence-electron chi connectivity index (χ0n) is 5.72. The largest absolute Gasteiger partial charge is 0.379 e. The average Bonchev–Trinajstić information content (AvgIpc) is 1.95. The highest BCUT2D eigenvalue weighted by Crippen LogP contribution is 1.89. The molecule has 0 unspecified atom stereocenters. The minimum atomic E-state index is -0.212.